The number of anilines is 1. The highest BCUT2D eigenvalue weighted by atomic mass is 32.1. The summed E-state index contributed by atoms with van der Waals surface area (Å²) in [6.07, 6.45) is 4.95. The number of aromatic nitrogens is 4. The Morgan fingerprint density at radius 1 is 1.28 bits per heavy atom. The maximum absolute atomic E-state index is 4.52. The molecule has 3 aromatic rings. The summed E-state index contributed by atoms with van der Waals surface area (Å²) < 4.78 is 0. The van der Waals surface area contributed by atoms with E-state index in [4.69, 9.17) is 0 Å². The first-order valence-corrected chi connectivity index (χ1v) is 6.52. The molecular weight excluding hydrogens is 246 g/mol. The monoisotopic (exact) mass is 257 g/mol. The maximum Gasteiger partial charge on any atom is 0.183 e. The molecule has 0 bridgehead atoms. The summed E-state index contributed by atoms with van der Waals surface area (Å²) in [6.45, 7) is 2.87. The van der Waals surface area contributed by atoms with Gasteiger partial charge in [0.15, 0.2) is 5.82 Å². The largest absolute Gasteiger partial charge is 0.370 e. The topological polar surface area (TPSA) is 63.6 Å². The Morgan fingerprint density at radius 3 is 3.00 bits per heavy atom. The summed E-state index contributed by atoms with van der Waals surface area (Å²) in [5.74, 6) is 1.46. The van der Waals surface area contributed by atoms with E-state index in [0.29, 0.717) is 11.5 Å². The smallest absolute Gasteiger partial charge is 0.183 e. The van der Waals surface area contributed by atoms with Crippen LogP contribution in [0.25, 0.3) is 21.7 Å². The van der Waals surface area contributed by atoms with E-state index in [1.54, 1.807) is 29.9 Å². The third-order valence-electron chi connectivity index (χ3n) is 2.46. The molecular formula is C12H11N5S. The number of nitrogens with one attached hydrogen (secondary N) is 1. The third-order valence-corrected chi connectivity index (χ3v) is 3.27. The minimum atomic E-state index is 0.606. The van der Waals surface area contributed by atoms with Gasteiger partial charge in [-0.15, -0.1) is 11.3 Å². The molecule has 3 heterocycles. The molecule has 3 rings (SSSR count). The molecule has 90 valence electrons. The minimum absolute atomic E-state index is 0.606. The van der Waals surface area contributed by atoms with Gasteiger partial charge in [-0.25, -0.2) is 15.0 Å². The Hall–Kier alpha value is -2.08. The first kappa shape index (κ1) is 11.0. The normalized spacial score (nSPS) is 10.7. The van der Waals surface area contributed by atoms with E-state index < -0.39 is 0 Å². The molecule has 0 radical (unpaired) electrons. The van der Waals surface area contributed by atoms with Gasteiger partial charge in [-0.1, -0.05) is 0 Å². The Labute approximate surface area is 108 Å². The van der Waals surface area contributed by atoms with Crippen LogP contribution in [0.1, 0.15) is 6.92 Å². The molecule has 0 saturated carbocycles. The van der Waals surface area contributed by atoms with Gasteiger partial charge in [-0.3, -0.25) is 4.98 Å². The van der Waals surface area contributed by atoms with Gasteiger partial charge in [-0.05, 0) is 18.4 Å². The fourth-order valence-electron chi connectivity index (χ4n) is 1.69. The van der Waals surface area contributed by atoms with Gasteiger partial charge >= 0.3 is 0 Å². The summed E-state index contributed by atoms with van der Waals surface area (Å²) in [4.78, 5) is 18.3. The van der Waals surface area contributed by atoms with Crippen LogP contribution >= 0.6 is 11.3 Å². The highest BCUT2D eigenvalue weighted by Gasteiger charge is 2.10. The van der Waals surface area contributed by atoms with Crippen molar-refractivity contribution in [1.82, 2.24) is 19.9 Å². The lowest BCUT2D eigenvalue weighted by molar-refractivity contribution is 1.11. The fourth-order valence-corrected chi connectivity index (χ4v) is 2.45. The van der Waals surface area contributed by atoms with E-state index in [-0.39, 0.29) is 0 Å². The molecule has 0 aliphatic heterocycles. The first-order chi connectivity index (χ1) is 8.88. The molecule has 0 atom stereocenters. The molecule has 0 saturated heterocycles. The van der Waals surface area contributed by atoms with Crippen molar-refractivity contribution in [2.45, 2.75) is 6.92 Å². The van der Waals surface area contributed by atoms with Crippen LogP contribution < -0.4 is 5.32 Å². The number of hydrogen-bond acceptors (Lipinski definition) is 6. The second-order valence-corrected chi connectivity index (χ2v) is 4.55. The lowest BCUT2D eigenvalue weighted by Crippen LogP contribution is -2.02. The highest BCUT2D eigenvalue weighted by Crippen LogP contribution is 2.27. The maximum atomic E-state index is 4.52. The zero-order valence-electron chi connectivity index (χ0n) is 9.79. The predicted molar refractivity (Wildman–Crippen MR) is 72.6 cm³/mol. The number of hydrogen-bond donors (Lipinski definition) is 1. The molecule has 0 aromatic carbocycles. The van der Waals surface area contributed by atoms with E-state index in [9.17, 15) is 0 Å². The molecule has 1 N–H and O–H groups in total. The summed E-state index contributed by atoms with van der Waals surface area (Å²) >= 11 is 1.60. The minimum Gasteiger partial charge on any atom is -0.370 e. The van der Waals surface area contributed by atoms with Gasteiger partial charge in [0.25, 0.3) is 0 Å². The van der Waals surface area contributed by atoms with Crippen molar-refractivity contribution in [3.8, 4) is 11.5 Å². The quantitative estimate of drug-likeness (QED) is 0.781. The lowest BCUT2D eigenvalue weighted by atomic mass is 10.3. The van der Waals surface area contributed by atoms with Crippen LogP contribution in [0.15, 0.2) is 30.0 Å². The molecule has 0 amide bonds. The highest BCUT2D eigenvalue weighted by molar-refractivity contribution is 7.16. The second-order valence-electron chi connectivity index (χ2n) is 3.66. The molecule has 3 aromatic heterocycles. The van der Waals surface area contributed by atoms with Crippen molar-refractivity contribution in [3.05, 3.63) is 30.0 Å². The Bertz CT molecular complexity index is 665. The molecule has 0 unspecified atom stereocenters. The van der Waals surface area contributed by atoms with Crippen LogP contribution in [0.2, 0.25) is 0 Å². The number of rotatable bonds is 3. The van der Waals surface area contributed by atoms with Crippen LogP contribution in [0.4, 0.5) is 5.82 Å². The van der Waals surface area contributed by atoms with Crippen molar-refractivity contribution in [2.75, 3.05) is 11.9 Å². The molecule has 18 heavy (non-hydrogen) atoms. The van der Waals surface area contributed by atoms with Crippen molar-refractivity contribution < 1.29 is 0 Å². The second kappa shape index (κ2) is 4.66. The van der Waals surface area contributed by atoms with Gasteiger partial charge in [0.05, 0.1) is 11.6 Å². The van der Waals surface area contributed by atoms with Crippen LogP contribution in [0, 0.1) is 0 Å². The molecule has 0 fully saturated rings. The van der Waals surface area contributed by atoms with Crippen molar-refractivity contribution in [3.63, 3.8) is 0 Å². The first-order valence-electron chi connectivity index (χ1n) is 5.64. The van der Waals surface area contributed by atoms with E-state index in [1.807, 2.05) is 18.4 Å². The van der Waals surface area contributed by atoms with Crippen molar-refractivity contribution >= 4 is 27.4 Å². The van der Waals surface area contributed by atoms with Gasteiger partial charge in [0.2, 0.25) is 0 Å². The zero-order valence-corrected chi connectivity index (χ0v) is 10.6. The zero-order chi connectivity index (χ0) is 12.4. The van der Waals surface area contributed by atoms with Crippen molar-refractivity contribution in [1.29, 1.82) is 0 Å². The third kappa shape index (κ3) is 1.91. The van der Waals surface area contributed by atoms with Gasteiger partial charge < -0.3 is 5.32 Å². The summed E-state index contributed by atoms with van der Waals surface area (Å²) in [6, 6.07) is 2.03. The molecule has 0 spiro atoms. The Kier molecular flexibility index (Phi) is 2.85. The van der Waals surface area contributed by atoms with Crippen LogP contribution in [-0.2, 0) is 0 Å². The summed E-state index contributed by atoms with van der Waals surface area (Å²) in [5.41, 5.74) is 0.687. The Morgan fingerprint density at radius 2 is 2.22 bits per heavy atom. The number of fused-ring (bicyclic) bond motifs is 1. The van der Waals surface area contributed by atoms with Gasteiger partial charge in [0.1, 0.15) is 16.3 Å². The van der Waals surface area contributed by atoms with Crippen LogP contribution in [-0.4, -0.2) is 26.5 Å². The fraction of sp³-hybridized carbons (Fsp3) is 0.167. The SMILES string of the molecule is CCNc1nc(-c2cnccn2)nc2sccc12. The average Bonchev–Trinajstić information content (AvgIpc) is 2.88. The van der Waals surface area contributed by atoms with Gasteiger partial charge in [-0.2, -0.15) is 0 Å². The standard InChI is InChI=1S/C12H11N5S/c1-2-14-10-8-3-6-18-12(8)17-11(16-10)9-7-13-4-5-15-9/h3-7H,2H2,1H3,(H,14,16,17). The summed E-state index contributed by atoms with van der Waals surface area (Å²) in [7, 11) is 0. The summed E-state index contributed by atoms with van der Waals surface area (Å²) in [5, 5.41) is 6.32. The van der Waals surface area contributed by atoms with Crippen LogP contribution in [0.5, 0.6) is 0 Å². The number of thiophene rings is 1. The van der Waals surface area contributed by atoms with E-state index in [1.165, 1.54) is 0 Å². The molecule has 5 nitrogen and oxygen atoms in total. The lowest BCUT2D eigenvalue weighted by Gasteiger charge is -2.06. The van der Waals surface area contributed by atoms with E-state index in [2.05, 4.69) is 25.3 Å². The predicted octanol–water partition coefficient (Wildman–Crippen LogP) is 2.58. The van der Waals surface area contributed by atoms with E-state index in [0.717, 1.165) is 22.6 Å². The van der Waals surface area contributed by atoms with Crippen molar-refractivity contribution in [2.24, 2.45) is 0 Å². The van der Waals surface area contributed by atoms with Crippen LogP contribution in [0.3, 0.4) is 0 Å². The number of nitrogens with zero attached hydrogens (tertiary/aromatic N) is 4. The van der Waals surface area contributed by atoms with Gasteiger partial charge in [0, 0.05) is 18.9 Å². The molecule has 0 aliphatic carbocycles. The molecule has 6 heteroatoms. The van der Waals surface area contributed by atoms with E-state index >= 15 is 0 Å². The average molecular weight is 257 g/mol. The Balaban J connectivity index is 2.19. The molecule has 0 aliphatic rings.